The van der Waals surface area contributed by atoms with Crippen LogP contribution in [0.15, 0.2) is 52.8 Å². The van der Waals surface area contributed by atoms with E-state index in [0.29, 0.717) is 11.2 Å². The van der Waals surface area contributed by atoms with E-state index in [1.54, 1.807) is 17.5 Å². The first-order chi connectivity index (χ1) is 14.7. The molecule has 4 heterocycles. The van der Waals surface area contributed by atoms with Gasteiger partial charge in [-0.25, -0.2) is 9.97 Å². The lowest BCUT2D eigenvalue weighted by Crippen LogP contribution is -2.36. The maximum Gasteiger partial charge on any atom is 0.259 e. The summed E-state index contributed by atoms with van der Waals surface area (Å²) in [6.45, 7) is 5.26. The molecule has 30 heavy (non-hydrogen) atoms. The molecule has 1 saturated heterocycles. The number of aromatic amines is 1. The number of nitrogens with zero attached hydrogens (tertiary/aromatic N) is 3. The first-order valence-electron chi connectivity index (χ1n) is 9.82. The molecular weight excluding hydrogens is 398 g/mol. The molecule has 152 valence electrons. The Labute approximate surface area is 177 Å². The van der Waals surface area contributed by atoms with Crippen LogP contribution < -0.4 is 15.8 Å². The number of pyridine rings is 2. The second-order valence-electron chi connectivity index (χ2n) is 7.15. The maximum absolute atomic E-state index is 12.5. The van der Waals surface area contributed by atoms with Crippen molar-refractivity contribution in [2.24, 2.45) is 0 Å². The topological polar surface area (TPSA) is 83.1 Å². The number of hydrogen-bond donors (Lipinski definition) is 2. The largest absolute Gasteiger partial charge is 0.378 e. The summed E-state index contributed by atoms with van der Waals surface area (Å²) < 4.78 is 5.43. The zero-order valence-corrected chi connectivity index (χ0v) is 17.3. The molecule has 4 aromatic rings. The van der Waals surface area contributed by atoms with Crippen LogP contribution in [0, 0.1) is 6.92 Å². The Kier molecular flexibility index (Phi) is 4.94. The quantitative estimate of drug-likeness (QED) is 0.521. The van der Waals surface area contributed by atoms with Gasteiger partial charge in [0.1, 0.15) is 5.82 Å². The molecule has 1 fully saturated rings. The summed E-state index contributed by atoms with van der Waals surface area (Å²) in [7, 11) is 0. The Morgan fingerprint density at radius 3 is 2.63 bits per heavy atom. The van der Waals surface area contributed by atoms with Gasteiger partial charge >= 0.3 is 0 Å². The van der Waals surface area contributed by atoms with E-state index in [-0.39, 0.29) is 5.56 Å². The number of nitrogens with one attached hydrogen (secondary N) is 2. The van der Waals surface area contributed by atoms with Gasteiger partial charge in [-0.15, -0.1) is 11.3 Å². The van der Waals surface area contributed by atoms with Gasteiger partial charge in [0.25, 0.3) is 5.56 Å². The number of H-pyrrole nitrogens is 1. The number of hydrogen-bond acceptors (Lipinski definition) is 7. The molecule has 1 aromatic carbocycles. The average molecular weight is 420 g/mol. The predicted octanol–water partition coefficient (Wildman–Crippen LogP) is 3.94. The number of anilines is 3. The van der Waals surface area contributed by atoms with Gasteiger partial charge in [0.15, 0.2) is 0 Å². The van der Waals surface area contributed by atoms with Crippen molar-refractivity contribution < 1.29 is 4.74 Å². The Bertz CT molecular complexity index is 1240. The lowest BCUT2D eigenvalue weighted by atomic mass is 10.1. The SMILES string of the molecule is Cc1nc(-c2cc3cc[nH]c(=O)c3c(Nc3ccc(N4CCOCC4)cc3)n2)cs1. The van der Waals surface area contributed by atoms with E-state index in [2.05, 4.69) is 32.3 Å². The highest BCUT2D eigenvalue weighted by atomic mass is 32.1. The first-order valence-corrected chi connectivity index (χ1v) is 10.7. The minimum atomic E-state index is -0.173. The summed E-state index contributed by atoms with van der Waals surface area (Å²) >= 11 is 1.58. The fraction of sp³-hybridized carbons (Fsp3) is 0.227. The molecule has 5 rings (SSSR count). The van der Waals surface area contributed by atoms with Gasteiger partial charge in [-0.05, 0) is 48.7 Å². The zero-order valence-electron chi connectivity index (χ0n) is 16.5. The second kappa shape index (κ2) is 7.89. The maximum atomic E-state index is 12.5. The van der Waals surface area contributed by atoms with Gasteiger partial charge < -0.3 is 19.9 Å². The lowest BCUT2D eigenvalue weighted by Gasteiger charge is -2.28. The molecule has 1 aliphatic heterocycles. The molecule has 0 radical (unpaired) electrons. The average Bonchev–Trinajstić information content (AvgIpc) is 3.21. The summed E-state index contributed by atoms with van der Waals surface area (Å²) in [5.74, 6) is 0.522. The highest BCUT2D eigenvalue weighted by Crippen LogP contribution is 2.29. The Morgan fingerprint density at radius 1 is 1.10 bits per heavy atom. The number of morpholine rings is 1. The van der Waals surface area contributed by atoms with Crippen molar-refractivity contribution in [1.29, 1.82) is 0 Å². The van der Waals surface area contributed by atoms with Crippen LogP contribution in [0.1, 0.15) is 5.01 Å². The predicted molar refractivity (Wildman–Crippen MR) is 121 cm³/mol. The first kappa shape index (κ1) is 18.8. The smallest absolute Gasteiger partial charge is 0.259 e. The molecule has 0 amide bonds. The van der Waals surface area contributed by atoms with E-state index in [1.165, 1.54) is 0 Å². The van der Waals surface area contributed by atoms with E-state index < -0.39 is 0 Å². The van der Waals surface area contributed by atoms with Gasteiger partial charge in [0, 0.05) is 36.0 Å². The highest BCUT2D eigenvalue weighted by molar-refractivity contribution is 7.09. The van der Waals surface area contributed by atoms with E-state index in [9.17, 15) is 4.79 Å². The highest BCUT2D eigenvalue weighted by Gasteiger charge is 2.14. The van der Waals surface area contributed by atoms with Crippen LogP contribution in [-0.4, -0.2) is 41.3 Å². The van der Waals surface area contributed by atoms with Crippen LogP contribution in [0.5, 0.6) is 0 Å². The molecule has 1 aliphatic rings. The van der Waals surface area contributed by atoms with Gasteiger partial charge in [-0.1, -0.05) is 0 Å². The van der Waals surface area contributed by atoms with Crippen molar-refractivity contribution in [3.8, 4) is 11.4 Å². The summed E-state index contributed by atoms with van der Waals surface area (Å²) in [6.07, 6.45) is 1.65. The minimum Gasteiger partial charge on any atom is -0.378 e. The molecule has 8 heteroatoms. The van der Waals surface area contributed by atoms with Crippen LogP contribution in [-0.2, 0) is 4.74 Å². The Hall–Kier alpha value is -3.23. The van der Waals surface area contributed by atoms with Crippen molar-refractivity contribution >= 4 is 39.3 Å². The molecular formula is C22H21N5O2S. The third-order valence-corrected chi connectivity index (χ3v) is 5.92. The van der Waals surface area contributed by atoms with Crippen LogP contribution >= 0.6 is 11.3 Å². The van der Waals surface area contributed by atoms with E-state index in [1.807, 2.05) is 36.6 Å². The third kappa shape index (κ3) is 3.67. The summed E-state index contributed by atoms with van der Waals surface area (Å²) in [4.78, 5) is 26.9. The van der Waals surface area contributed by atoms with Crippen molar-refractivity contribution in [3.05, 3.63) is 63.3 Å². The zero-order chi connectivity index (χ0) is 20.5. The molecule has 0 atom stereocenters. The van der Waals surface area contributed by atoms with E-state index in [0.717, 1.165) is 59.5 Å². The lowest BCUT2D eigenvalue weighted by molar-refractivity contribution is 0.122. The standard InChI is InChI=1S/C22H21N5O2S/c1-14-24-19(13-30-14)18-12-15-6-7-23-22(28)20(15)21(26-18)25-16-2-4-17(5-3-16)27-8-10-29-11-9-27/h2-7,12-13H,8-11H2,1H3,(H,23,28)(H,25,26). The monoisotopic (exact) mass is 419 g/mol. The summed E-state index contributed by atoms with van der Waals surface area (Å²) in [5, 5.41) is 7.65. The Morgan fingerprint density at radius 2 is 1.90 bits per heavy atom. The molecule has 0 bridgehead atoms. The second-order valence-corrected chi connectivity index (χ2v) is 8.21. The molecule has 0 aliphatic carbocycles. The third-order valence-electron chi connectivity index (χ3n) is 5.14. The molecule has 0 unspecified atom stereocenters. The van der Waals surface area contributed by atoms with Gasteiger partial charge in [0.05, 0.1) is 35.0 Å². The summed E-state index contributed by atoms with van der Waals surface area (Å²) in [6, 6.07) is 12.0. The van der Waals surface area contributed by atoms with Gasteiger partial charge in [-0.2, -0.15) is 0 Å². The number of rotatable bonds is 4. The van der Waals surface area contributed by atoms with Crippen LogP contribution in [0.2, 0.25) is 0 Å². The normalized spacial score (nSPS) is 14.2. The molecule has 3 aromatic heterocycles. The number of ether oxygens (including phenoxy) is 1. The molecule has 7 nitrogen and oxygen atoms in total. The van der Waals surface area contributed by atoms with Crippen LogP contribution in [0.4, 0.5) is 17.2 Å². The number of fused-ring (bicyclic) bond motifs is 1. The van der Waals surface area contributed by atoms with Crippen LogP contribution in [0.3, 0.4) is 0 Å². The van der Waals surface area contributed by atoms with E-state index >= 15 is 0 Å². The van der Waals surface area contributed by atoms with Crippen molar-refractivity contribution in [2.75, 3.05) is 36.5 Å². The van der Waals surface area contributed by atoms with E-state index in [4.69, 9.17) is 9.72 Å². The van der Waals surface area contributed by atoms with Crippen molar-refractivity contribution in [3.63, 3.8) is 0 Å². The van der Waals surface area contributed by atoms with Crippen molar-refractivity contribution in [2.45, 2.75) is 6.92 Å². The van der Waals surface area contributed by atoms with Crippen LogP contribution in [0.25, 0.3) is 22.2 Å². The Balaban J connectivity index is 1.52. The summed E-state index contributed by atoms with van der Waals surface area (Å²) in [5.41, 5.74) is 3.41. The molecule has 0 spiro atoms. The van der Waals surface area contributed by atoms with Gasteiger partial charge in [0.2, 0.25) is 0 Å². The fourth-order valence-corrected chi connectivity index (χ4v) is 4.24. The minimum absolute atomic E-state index is 0.173. The number of thiazole rings is 1. The fourth-order valence-electron chi connectivity index (χ4n) is 3.63. The van der Waals surface area contributed by atoms with Crippen molar-refractivity contribution in [1.82, 2.24) is 15.0 Å². The number of benzene rings is 1. The van der Waals surface area contributed by atoms with Gasteiger partial charge in [-0.3, -0.25) is 4.79 Å². The molecule has 2 N–H and O–H groups in total. The number of aryl methyl sites for hydroxylation is 1. The molecule has 0 saturated carbocycles. The number of aromatic nitrogens is 3.